The van der Waals surface area contributed by atoms with Crippen LogP contribution >= 0.6 is 11.8 Å². The Hall–Kier alpha value is -1.32. The summed E-state index contributed by atoms with van der Waals surface area (Å²) in [6, 6.07) is 12.8. The lowest BCUT2D eigenvalue weighted by atomic mass is 10.1. The van der Waals surface area contributed by atoms with Crippen molar-refractivity contribution in [3.05, 3.63) is 53.7 Å². The number of aromatic nitrogens is 1. The summed E-state index contributed by atoms with van der Waals surface area (Å²) in [6.45, 7) is 4.23. The molecular formula is C16H20N2S. The van der Waals surface area contributed by atoms with Gasteiger partial charge in [-0.15, -0.1) is 0 Å². The van der Waals surface area contributed by atoms with Crippen molar-refractivity contribution in [3.8, 4) is 0 Å². The van der Waals surface area contributed by atoms with Gasteiger partial charge in [-0.3, -0.25) is 0 Å². The van der Waals surface area contributed by atoms with E-state index in [9.17, 15) is 0 Å². The molecule has 19 heavy (non-hydrogen) atoms. The quantitative estimate of drug-likeness (QED) is 0.899. The van der Waals surface area contributed by atoms with Crippen LogP contribution in [0.5, 0.6) is 0 Å². The maximum atomic E-state index is 6.05. The van der Waals surface area contributed by atoms with E-state index in [-0.39, 0.29) is 6.04 Å². The molecule has 1 atom stereocenters. The maximum Gasteiger partial charge on any atom is 0.104 e. The Kier molecular flexibility index (Phi) is 5.00. The average molecular weight is 272 g/mol. The number of nitrogens with two attached hydrogens (primary N) is 1. The van der Waals surface area contributed by atoms with Gasteiger partial charge in [-0.25, -0.2) is 4.98 Å². The van der Waals surface area contributed by atoms with Crippen LogP contribution in [0.3, 0.4) is 0 Å². The lowest BCUT2D eigenvalue weighted by Crippen LogP contribution is -2.21. The van der Waals surface area contributed by atoms with E-state index in [1.54, 1.807) is 11.8 Å². The van der Waals surface area contributed by atoms with Crippen LogP contribution in [0.4, 0.5) is 0 Å². The molecule has 2 aromatic rings. The highest BCUT2D eigenvalue weighted by molar-refractivity contribution is 7.99. The van der Waals surface area contributed by atoms with Crippen LogP contribution in [0, 0.1) is 6.92 Å². The van der Waals surface area contributed by atoms with Crippen molar-refractivity contribution < 1.29 is 0 Å². The second kappa shape index (κ2) is 6.73. The van der Waals surface area contributed by atoms with Crippen LogP contribution in [-0.4, -0.2) is 11.0 Å². The molecule has 0 aliphatic heterocycles. The van der Waals surface area contributed by atoms with Crippen LogP contribution in [0.15, 0.2) is 52.5 Å². The zero-order valence-electron chi connectivity index (χ0n) is 11.5. The number of benzene rings is 1. The van der Waals surface area contributed by atoms with Crippen LogP contribution in [0.25, 0.3) is 0 Å². The molecule has 2 nitrogen and oxygen atoms in total. The molecule has 2 N–H and O–H groups in total. The first-order valence-corrected chi connectivity index (χ1v) is 7.44. The third-order valence-corrected chi connectivity index (χ3v) is 4.11. The Bertz CT molecular complexity index is 540. The molecule has 1 unspecified atom stereocenters. The lowest BCUT2D eigenvalue weighted by Gasteiger charge is -2.12. The van der Waals surface area contributed by atoms with Crippen molar-refractivity contribution in [1.29, 1.82) is 0 Å². The normalized spacial score (nSPS) is 12.4. The number of pyridine rings is 1. The van der Waals surface area contributed by atoms with E-state index in [0.29, 0.717) is 0 Å². The summed E-state index contributed by atoms with van der Waals surface area (Å²) < 4.78 is 0. The van der Waals surface area contributed by atoms with Crippen LogP contribution in [0.1, 0.15) is 24.5 Å². The molecule has 0 radical (unpaired) electrons. The summed E-state index contributed by atoms with van der Waals surface area (Å²) >= 11 is 1.71. The zero-order chi connectivity index (χ0) is 13.7. The summed E-state index contributed by atoms with van der Waals surface area (Å²) in [5.41, 5.74) is 8.56. The molecule has 0 saturated heterocycles. The van der Waals surface area contributed by atoms with Crippen molar-refractivity contribution in [2.45, 2.75) is 42.7 Å². The Morgan fingerprint density at radius 1 is 1.26 bits per heavy atom. The van der Waals surface area contributed by atoms with E-state index in [2.05, 4.69) is 49.2 Å². The van der Waals surface area contributed by atoms with Gasteiger partial charge >= 0.3 is 0 Å². The van der Waals surface area contributed by atoms with Crippen LogP contribution < -0.4 is 5.73 Å². The predicted octanol–water partition coefficient (Wildman–Crippen LogP) is 3.82. The van der Waals surface area contributed by atoms with E-state index in [4.69, 9.17) is 5.73 Å². The number of hydrogen-bond acceptors (Lipinski definition) is 3. The highest BCUT2D eigenvalue weighted by atomic mass is 32.2. The minimum atomic E-state index is 0.209. The second-order valence-corrected chi connectivity index (χ2v) is 5.82. The van der Waals surface area contributed by atoms with Gasteiger partial charge in [0.05, 0.1) is 0 Å². The minimum absolute atomic E-state index is 0.209. The van der Waals surface area contributed by atoms with Crippen molar-refractivity contribution in [2.75, 3.05) is 0 Å². The summed E-state index contributed by atoms with van der Waals surface area (Å²) in [5, 5.41) is 1.07. The van der Waals surface area contributed by atoms with Crippen LogP contribution in [-0.2, 0) is 6.42 Å². The molecule has 0 amide bonds. The fraction of sp³-hybridized carbons (Fsp3) is 0.312. The Balaban J connectivity index is 2.20. The Labute approximate surface area is 119 Å². The smallest absolute Gasteiger partial charge is 0.104 e. The molecule has 1 heterocycles. The topological polar surface area (TPSA) is 38.9 Å². The van der Waals surface area contributed by atoms with Gasteiger partial charge in [0.25, 0.3) is 0 Å². The number of rotatable bonds is 5. The van der Waals surface area contributed by atoms with Gasteiger partial charge in [0.2, 0.25) is 0 Å². The van der Waals surface area contributed by atoms with Gasteiger partial charge in [-0.2, -0.15) is 0 Å². The molecular weight excluding hydrogens is 252 g/mol. The van der Waals surface area contributed by atoms with E-state index < -0.39 is 0 Å². The molecule has 0 bridgehead atoms. The number of aryl methyl sites for hydroxylation is 1. The summed E-state index contributed by atoms with van der Waals surface area (Å²) in [4.78, 5) is 5.73. The molecule has 3 heteroatoms. The van der Waals surface area contributed by atoms with Gasteiger partial charge in [-0.1, -0.05) is 42.4 Å². The molecule has 1 aromatic carbocycles. The standard InChI is InChI=1S/C16H20N2S/c1-3-14(17)11-13-7-5-9-18-16(13)19-15-8-4-6-12(2)10-15/h4-10,14H,3,11,17H2,1-2H3. The largest absolute Gasteiger partial charge is 0.327 e. The monoisotopic (exact) mass is 272 g/mol. The summed E-state index contributed by atoms with van der Waals surface area (Å²) in [7, 11) is 0. The highest BCUT2D eigenvalue weighted by Gasteiger charge is 2.09. The number of hydrogen-bond donors (Lipinski definition) is 1. The van der Waals surface area contributed by atoms with Gasteiger partial charge < -0.3 is 5.73 Å². The molecule has 0 fully saturated rings. The van der Waals surface area contributed by atoms with Crippen molar-refractivity contribution >= 4 is 11.8 Å². The van der Waals surface area contributed by atoms with Crippen molar-refractivity contribution in [2.24, 2.45) is 5.73 Å². The van der Waals surface area contributed by atoms with Crippen molar-refractivity contribution in [3.63, 3.8) is 0 Å². The third-order valence-electron chi connectivity index (χ3n) is 3.06. The SMILES string of the molecule is CCC(N)Cc1cccnc1Sc1cccc(C)c1. The minimum Gasteiger partial charge on any atom is -0.327 e. The lowest BCUT2D eigenvalue weighted by molar-refractivity contribution is 0.637. The first-order valence-electron chi connectivity index (χ1n) is 6.63. The second-order valence-electron chi connectivity index (χ2n) is 4.76. The first-order chi connectivity index (χ1) is 9.19. The zero-order valence-corrected chi connectivity index (χ0v) is 12.3. The molecule has 100 valence electrons. The third kappa shape index (κ3) is 4.08. The van der Waals surface area contributed by atoms with Crippen molar-refractivity contribution in [1.82, 2.24) is 4.98 Å². The fourth-order valence-electron chi connectivity index (χ4n) is 1.89. The first kappa shape index (κ1) is 14.1. The van der Waals surface area contributed by atoms with E-state index >= 15 is 0 Å². The van der Waals surface area contributed by atoms with E-state index in [1.807, 2.05) is 12.3 Å². The molecule has 0 saturated carbocycles. The summed E-state index contributed by atoms with van der Waals surface area (Å²) in [5.74, 6) is 0. The van der Waals surface area contributed by atoms with Gasteiger partial charge in [0, 0.05) is 17.1 Å². The molecule has 2 rings (SSSR count). The number of nitrogens with zero attached hydrogens (tertiary/aromatic N) is 1. The molecule has 0 spiro atoms. The van der Waals surface area contributed by atoms with Gasteiger partial charge in [-0.05, 0) is 43.5 Å². The predicted molar refractivity (Wildman–Crippen MR) is 81.5 cm³/mol. The van der Waals surface area contributed by atoms with Gasteiger partial charge in [0.1, 0.15) is 5.03 Å². The molecule has 0 aliphatic rings. The van der Waals surface area contributed by atoms with Crippen LogP contribution in [0.2, 0.25) is 0 Å². The van der Waals surface area contributed by atoms with Gasteiger partial charge in [0.15, 0.2) is 0 Å². The molecule has 0 aliphatic carbocycles. The highest BCUT2D eigenvalue weighted by Crippen LogP contribution is 2.29. The maximum absolute atomic E-state index is 6.05. The summed E-state index contributed by atoms with van der Waals surface area (Å²) in [6.07, 6.45) is 3.72. The Morgan fingerprint density at radius 2 is 2.11 bits per heavy atom. The fourth-order valence-corrected chi connectivity index (χ4v) is 2.90. The van der Waals surface area contributed by atoms with E-state index in [0.717, 1.165) is 17.9 Å². The Morgan fingerprint density at radius 3 is 2.84 bits per heavy atom. The van der Waals surface area contributed by atoms with E-state index in [1.165, 1.54) is 16.0 Å². The average Bonchev–Trinajstić information content (AvgIpc) is 2.41. The molecule has 1 aromatic heterocycles.